The quantitative estimate of drug-likeness (QED) is 0.607. The molecule has 0 N–H and O–H groups in total. The first kappa shape index (κ1) is 10.6. The Kier molecular flexibility index (Phi) is 2.55. The van der Waals surface area contributed by atoms with E-state index < -0.39 is 0 Å². The van der Waals surface area contributed by atoms with Gasteiger partial charge in [-0.15, -0.1) is 0 Å². The number of nitriles is 1. The largest absolute Gasteiger partial charge is 0.192 e. The first-order valence-electron chi connectivity index (χ1n) is 5.86. The van der Waals surface area contributed by atoms with Crippen molar-refractivity contribution >= 4 is 10.8 Å². The Labute approximate surface area is 106 Å². The summed E-state index contributed by atoms with van der Waals surface area (Å²) in [5, 5.41) is 11.3. The smallest absolute Gasteiger partial charge is 0.0991 e. The lowest BCUT2D eigenvalue weighted by Crippen LogP contribution is -1.80. The molecule has 0 spiro atoms. The van der Waals surface area contributed by atoms with Crippen LogP contribution in [0, 0.1) is 11.3 Å². The number of hydrogen-bond acceptors (Lipinski definition) is 1. The van der Waals surface area contributed by atoms with E-state index in [0.29, 0.717) is 5.56 Å². The van der Waals surface area contributed by atoms with Gasteiger partial charge in [-0.3, -0.25) is 0 Å². The highest BCUT2D eigenvalue weighted by atomic mass is 14.2. The zero-order valence-electron chi connectivity index (χ0n) is 9.80. The van der Waals surface area contributed by atoms with Gasteiger partial charge in [-0.25, -0.2) is 0 Å². The number of rotatable bonds is 1. The second-order valence-corrected chi connectivity index (χ2v) is 4.25. The van der Waals surface area contributed by atoms with Gasteiger partial charge in [0, 0.05) is 0 Å². The van der Waals surface area contributed by atoms with Gasteiger partial charge in [0.15, 0.2) is 0 Å². The Morgan fingerprint density at radius 2 is 1.33 bits per heavy atom. The molecule has 0 aliphatic carbocycles. The Bertz CT molecular complexity index is 733. The van der Waals surface area contributed by atoms with Crippen molar-refractivity contribution in [3.05, 3.63) is 72.3 Å². The van der Waals surface area contributed by atoms with Crippen LogP contribution in [0.4, 0.5) is 0 Å². The lowest BCUT2D eigenvalue weighted by Gasteiger charge is -2.04. The molecule has 0 heterocycles. The number of benzene rings is 3. The van der Waals surface area contributed by atoms with Gasteiger partial charge < -0.3 is 0 Å². The lowest BCUT2D eigenvalue weighted by atomic mass is 10.0. The fourth-order valence-electron chi connectivity index (χ4n) is 2.11. The van der Waals surface area contributed by atoms with Crippen LogP contribution in [0.25, 0.3) is 21.9 Å². The van der Waals surface area contributed by atoms with Crippen molar-refractivity contribution in [3.8, 4) is 17.2 Å². The molecule has 0 saturated heterocycles. The monoisotopic (exact) mass is 229 g/mol. The van der Waals surface area contributed by atoms with Crippen molar-refractivity contribution in [3.63, 3.8) is 0 Å². The van der Waals surface area contributed by atoms with Crippen LogP contribution in [0.3, 0.4) is 0 Å². The molecule has 0 aliphatic rings. The second kappa shape index (κ2) is 4.35. The SMILES string of the molecule is N#Cc1ccc(-c2ccc3ccccc3c2)cc1. The summed E-state index contributed by atoms with van der Waals surface area (Å²) in [7, 11) is 0. The van der Waals surface area contributed by atoms with Crippen LogP contribution in [0.1, 0.15) is 5.56 Å². The molecule has 0 aliphatic heterocycles. The average Bonchev–Trinajstić information content (AvgIpc) is 2.47. The van der Waals surface area contributed by atoms with Gasteiger partial charge in [-0.05, 0) is 40.1 Å². The molecule has 0 fully saturated rings. The lowest BCUT2D eigenvalue weighted by molar-refractivity contribution is 1.48. The number of nitrogens with zero attached hydrogens (tertiary/aromatic N) is 1. The minimum atomic E-state index is 0.694. The molecular weight excluding hydrogens is 218 g/mol. The van der Waals surface area contributed by atoms with Crippen LogP contribution in [0.15, 0.2) is 66.7 Å². The van der Waals surface area contributed by atoms with Crippen molar-refractivity contribution in [1.29, 1.82) is 5.26 Å². The molecule has 0 aromatic heterocycles. The van der Waals surface area contributed by atoms with Gasteiger partial charge in [-0.2, -0.15) is 5.26 Å². The zero-order chi connectivity index (χ0) is 12.4. The first-order valence-corrected chi connectivity index (χ1v) is 5.86. The highest BCUT2D eigenvalue weighted by molar-refractivity contribution is 5.87. The third-order valence-corrected chi connectivity index (χ3v) is 3.10. The molecule has 0 saturated carbocycles. The standard InChI is InChI=1S/C17H11N/c18-12-13-5-7-15(8-6-13)17-10-9-14-3-1-2-4-16(14)11-17/h1-11H. The van der Waals surface area contributed by atoms with E-state index >= 15 is 0 Å². The van der Waals surface area contributed by atoms with E-state index in [1.54, 1.807) is 0 Å². The summed E-state index contributed by atoms with van der Waals surface area (Å²) in [5.41, 5.74) is 3.01. The predicted octanol–water partition coefficient (Wildman–Crippen LogP) is 4.38. The van der Waals surface area contributed by atoms with E-state index in [-0.39, 0.29) is 0 Å². The number of fused-ring (bicyclic) bond motifs is 1. The van der Waals surface area contributed by atoms with Crippen molar-refractivity contribution < 1.29 is 0 Å². The maximum absolute atomic E-state index is 8.79. The van der Waals surface area contributed by atoms with Crippen LogP contribution in [-0.2, 0) is 0 Å². The molecule has 0 atom stereocenters. The van der Waals surface area contributed by atoms with Crippen LogP contribution in [0.2, 0.25) is 0 Å². The van der Waals surface area contributed by atoms with E-state index in [2.05, 4.69) is 36.4 Å². The van der Waals surface area contributed by atoms with E-state index in [0.717, 1.165) is 5.56 Å². The normalized spacial score (nSPS) is 10.2. The van der Waals surface area contributed by atoms with Crippen molar-refractivity contribution in [2.24, 2.45) is 0 Å². The molecule has 1 heteroatoms. The molecule has 3 aromatic rings. The third kappa shape index (κ3) is 1.85. The second-order valence-electron chi connectivity index (χ2n) is 4.25. The van der Waals surface area contributed by atoms with Gasteiger partial charge in [0.1, 0.15) is 0 Å². The molecule has 0 unspecified atom stereocenters. The van der Waals surface area contributed by atoms with Crippen LogP contribution >= 0.6 is 0 Å². The van der Waals surface area contributed by atoms with Gasteiger partial charge in [0.25, 0.3) is 0 Å². The van der Waals surface area contributed by atoms with Crippen molar-refractivity contribution in [2.45, 2.75) is 0 Å². The highest BCUT2D eigenvalue weighted by Gasteiger charge is 1.99. The minimum absolute atomic E-state index is 0.694. The summed E-state index contributed by atoms with van der Waals surface area (Å²) in [6, 6.07) is 24.6. The molecule has 18 heavy (non-hydrogen) atoms. The molecule has 0 radical (unpaired) electrons. The molecule has 0 bridgehead atoms. The summed E-state index contributed by atoms with van der Waals surface area (Å²) >= 11 is 0. The summed E-state index contributed by atoms with van der Waals surface area (Å²) in [5.74, 6) is 0. The predicted molar refractivity (Wildman–Crippen MR) is 74.1 cm³/mol. The summed E-state index contributed by atoms with van der Waals surface area (Å²) in [6.45, 7) is 0. The maximum Gasteiger partial charge on any atom is 0.0991 e. The molecule has 84 valence electrons. The maximum atomic E-state index is 8.79. The zero-order valence-corrected chi connectivity index (χ0v) is 9.80. The van der Waals surface area contributed by atoms with E-state index in [4.69, 9.17) is 5.26 Å². The molecular formula is C17H11N. The number of hydrogen-bond donors (Lipinski definition) is 0. The Balaban J connectivity index is 2.10. The van der Waals surface area contributed by atoms with Gasteiger partial charge in [0.05, 0.1) is 11.6 Å². The molecule has 3 rings (SSSR count). The summed E-state index contributed by atoms with van der Waals surface area (Å²) in [6.07, 6.45) is 0. The molecule has 1 nitrogen and oxygen atoms in total. The van der Waals surface area contributed by atoms with Gasteiger partial charge >= 0.3 is 0 Å². The first-order chi connectivity index (χ1) is 8.86. The van der Waals surface area contributed by atoms with Crippen molar-refractivity contribution in [1.82, 2.24) is 0 Å². The van der Waals surface area contributed by atoms with E-state index in [1.807, 2.05) is 36.4 Å². The van der Waals surface area contributed by atoms with Gasteiger partial charge in [0.2, 0.25) is 0 Å². The summed E-state index contributed by atoms with van der Waals surface area (Å²) < 4.78 is 0. The third-order valence-electron chi connectivity index (χ3n) is 3.10. The highest BCUT2D eigenvalue weighted by Crippen LogP contribution is 2.24. The van der Waals surface area contributed by atoms with E-state index in [1.165, 1.54) is 16.3 Å². The Hall–Kier alpha value is -2.59. The molecule has 0 amide bonds. The summed E-state index contributed by atoms with van der Waals surface area (Å²) in [4.78, 5) is 0. The topological polar surface area (TPSA) is 23.8 Å². The average molecular weight is 229 g/mol. The Morgan fingerprint density at radius 3 is 2.06 bits per heavy atom. The van der Waals surface area contributed by atoms with E-state index in [9.17, 15) is 0 Å². The minimum Gasteiger partial charge on any atom is -0.192 e. The van der Waals surface area contributed by atoms with Crippen LogP contribution in [-0.4, -0.2) is 0 Å². The fraction of sp³-hybridized carbons (Fsp3) is 0. The molecule has 3 aromatic carbocycles. The van der Waals surface area contributed by atoms with Crippen molar-refractivity contribution in [2.75, 3.05) is 0 Å². The van der Waals surface area contributed by atoms with Crippen LogP contribution < -0.4 is 0 Å². The Morgan fingerprint density at radius 1 is 0.667 bits per heavy atom. The fourth-order valence-corrected chi connectivity index (χ4v) is 2.11. The van der Waals surface area contributed by atoms with Crippen LogP contribution in [0.5, 0.6) is 0 Å². The van der Waals surface area contributed by atoms with Gasteiger partial charge in [-0.1, -0.05) is 48.5 Å².